The van der Waals surface area contributed by atoms with Crippen LogP contribution in [0.1, 0.15) is 29.2 Å². The van der Waals surface area contributed by atoms with Gasteiger partial charge in [0, 0.05) is 27.6 Å². The Morgan fingerprint density at radius 2 is 1.24 bits per heavy atom. The van der Waals surface area contributed by atoms with Crippen LogP contribution in [0.3, 0.4) is 0 Å². The van der Waals surface area contributed by atoms with Crippen LogP contribution in [-0.2, 0) is 0 Å². The van der Waals surface area contributed by atoms with Crippen molar-refractivity contribution in [1.82, 2.24) is 0 Å². The molecule has 160 valence electrons. The van der Waals surface area contributed by atoms with E-state index in [0.29, 0.717) is 12.0 Å². The molecule has 0 atom stereocenters. The molecule has 0 fully saturated rings. The molecule has 0 aromatic heterocycles. The van der Waals surface area contributed by atoms with Crippen molar-refractivity contribution in [1.29, 1.82) is 0 Å². The number of halogens is 2. The van der Waals surface area contributed by atoms with E-state index in [4.69, 9.17) is 4.74 Å². The number of ether oxygens (including phenoxy) is 1. The first-order valence-electron chi connectivity index (χ1n) is 10.5. The summed E-state index contributed by atoms with van der Waals surface area (Å²) in [7, 11) is 0. The van der Waals surface area contributed by atoms with Crippen molar-refractivity contribution in [3.63, 3.8) is 0 Å². The van der Waals surface area contributed by atoms with Crippen LogP contribution in [0.4, 0.5) is 8.78 Å². The zero-order chi connectivity index (χ0) is 23.0. The average Bonchev–Trinajstić information content (AvgIpc) is 2.85. The highest BCUT2D eigenvalue weighted by Crippen LogP contribution is 2.21. The summed E-state index contributed by atoms with van der Waals surface area (Å²) < 4.78 is 32.8. The summed E-state index contributed by atoms with van der Waals surface area (Å²) in [6.07, 6.45) is 3.90. The molecule has 4 aromatic rings. The van der Waals surface area contributed by atoms with Crippen molar-refractivity contribution in [2.24, 2.45) is 0 Å². The van der Waals surface area contributed by atoms with Gasteiger partial charge < -0.3 is 4.74 Å². The van der Waals surface area contributed by atoms with Crippen molar-refractivity contribution >= 4 is 10.8 Å². The van der Waals surface area contributed by atoms with E-state index < -0.39 is 11.6 Å². The van der Waals surface area contributed by atoms with Gasteiger partial charge in [0.1, 0.15) is 12.4 Å². The van der Waals surface area contributed by atoms with Gasteiger partial charge in [-0.2, -0.15) is 0 Å². The quantitative estimate of drug-likeness (QED) is 0.252. The molecule has 4 aromatic carbocycles. The van der Waals surface area contributed by atoms with E-state index >= 15 is 0 Å². The second-order valence-electron chi connectivity index (χ2n) is 7.28. The molecule has 0 bridgehead atoms. The lowest BCUT2D eigenvalue weighted by atomic mass is 10.1. The van der Waals surface area contributed by atoms with E-state index in [1.807, 2.05) is 67.6 Å². The lowest BCUT2D eigenvalue weighted by molar-refractivity contribution is 0.362. The summed E-state index contributed by atoms with van der Waals surface area (Å²) in [4.78, 5) is 0. The lowest BCUT2D eigenvalue weighted by Gasteiger charge is -2.02. The van der Waals surface area contributed by atoms with E-state index in [2.05, 4.69) is 23.7 Å². The Bertz CT molecular complexity index is 1430. The number of rotatable bonds is 3. The van der Waals surface area contributed by atoms with Gasteiger partial charge in [-0.05, 0) is 79.0 Å². The molecular formula is C30H20F2O. The summed E-state index contributed by atoms with van der Waals surface area (Å²) in [5, 5.41) is 0.864. The summed E-state index contributed by atoms with van der Waals surface area (Å²) in [6, 6.07) is 23.0. The number of hydrogen-bond acceptors (Lipinski definition) is 1. The van der Waals surface area contributed by atoms with Gasteiger partial charge in [0.2, 0.25) is 0 Å². The first-order chi connectivity index (χ1) is 16.1. The molecule has 1 nitrogen and oxygen atoms in total. The van der Waals surface area contributed by atoms with Gasteiger partial charge in [-0.1, -0.05) is 48.0 Å². The first kappa shape index (κ1) is 21.9. The van der Waals surface area contributed by atoms with Crippen LogP contribution >= 0.6 is 0 Å². The molecule has 0 spiro atoms. The molecule has 33 heavy (non-hydrogen) atoms. The topological polar surface area (TPSA) is 9.23 Å². The third kappa shape index (κ3) is 5.67. The van der Waals surface area contributed by atoms with E-state index in [9.17, 15) is 8.78 Å². The highest BCUT2D eigenvalue weighted by atomic mass is 19.2. The van der Waals surface area contributed by atoms with E-state index in [0.717, 1.165) is 34.1 Å². The number of fused-ring (bicyclic) bond motifs is 1. The molecule has 0 aliphatic carbocycles. The van der Waals surface area contributed by atoms with Crippen molar-refractivity contribution in [2.45, 2.75) is 6.92 Å². The number of allylic oxidation sites excluding steroid dienone is 1. The number of benzene rings is 4. The highest BCUT2D eigenvalue weighted by molar-refractivity contribution is 5.84. The minimum atomic E-state index is -0.851. The van der Waals surface area contributed by atoms with Crippen molar-refractivity contribution in [3.8, 4) is 29.4 Å². The second-order valence-corrected chi connectivity index (χ2v) is 7.28. The zero-order valence-electron chi connectivity index (χ0n) is 18.0. The molecule has 0 aliphatic heterocycles. The maximum atomic E-state index is 13.8. The van der Waals surface area contributed by atoms with Crippen LogP contribution in [0.15, 0.2) is 91.0 Å². The summed E-state index contributed by atoms with van der Waals surface area (Å²) in [6.45, 7) is 2.51. The van der Waals surface area contributed by atoms with Gasteiger partial charge >= 0.3 is 0 Å². The molecule has 0 amide bonds. The Hall–Kier alpha value is -4.34. The van der Waals surface area contributed by atoms with E-state index in [1.54, 1.807) is 24.3 Å². The highest BCUT2D eigenvalue weighted by Gasteiger charge is 2.06. The van der Waals surface area contributed by atoms with E-state index in [-0.39, 0.29) is 5.39 Å². The molecule has 4 rings (SSSR count). The van der Waals surface area contributed by atoms with Gasteiger partial charge in [0.05, 0.1) is 0 Å². The summed E-state index contributed by atoms with van der Waals surface area (Å²) in [5.74, 6) is 11.6. The summed E-state index contributed by atoms with van der Waals surface area (Å²) in [5.41, 5.74) is 3.37. The van der Waals surface area contributed by atoms with Crippen molar-refractivity contribution < 1.29 is 13.5 Å². The largest absolute Gasteiger partial charge is 0.490 e. The molecule has 3 heteroatoms. The predicted molar refractivity (Wildman–Crippen MR) is 129 cm³/mol. The molecule has 0 radical (unpaired) electrons. The third-order valence-corrected chi connectivity index (χ3v) is 4.93. The van der Waals surface area contributed by atoms with Crippen LogP contribution in [0.25, 0.3) is 10.8 Å². The van der Waals surface area contributed by atoms with Crippen LogP contribution in [0, 0.1) is 35.3 Å². The lowest BCUT2D eigenvalue weighted by Crippen LogP contribution is -1.92. The molecular weight excluding hydrogens is 414 g/mol. The normalized spacial score (nSPS) is 10.4. The van der Waals surface area contributed by atoms with Crippen LogP contribution in [0.2, 0.25) is 0 Å². The van der Waals surface area contributed by atoms with Crippen molar-refractivity contribution in [3.05, 3.63) is 125 Å². The average molecular weight is 434 g/mol. The minimum Gasteiger partial charge on any atom is -0.490 e. The van der Waals surface area contributed by atoms with Crippen LogP contribution in [0.5, 0.6) is 5.75 Å². The van der Waals surface area contributed by atoms with Gasteiger partial charge in [-0.3, -0.25) is 0 Å². The van der Waals surface area contributed by atoms with Crippen LogP contribution < -0.4 is 4.74 Å². The monoisotopic (exact) mass is 434 g/mol. The second kappa shape index (κ2) is 10.3. The SMILES string of the molecule is C/C=C/COc1ccc(C#Cc2ccc(C#Cc3ccc4c(F)c(F)ccc4c3)cc2)cc1. The Morgan fingerprint density at radius 3 is 1.85 bits per heavy atom. The van der Waals surface area contributed by atoms with Gasteiger partial charge in [0.25, 0.3) is 0 Å². The predicted octanol–water partition coefficient (Wildman–Crippen LogP) is 6.87. The van der Waals surface area contributed by atoms with Gasteiger partial charge in [-0.15, -0.1) is 0 Å². The molecule has 0 N–H and O–H groups in total. The minimum absolute atomic E-state index is 0.249. The Morgan fingerprint density at radius 1 is 0.697 bits per heavy atom. The molecule has 0 saturated carbocycles. The third-order valence-electron chi connectivity index (χ3n) is 4.93. The fraction of sp³-hybridized carbons (Fsp3) is 0.0667. The standard InChI is InChI=1S/C30H20F2O/c1-2-3-20-33-27-16-12-24(13-17-27)9-8-22-4-6-23(7-5-22)10-11-25-14-18-28-26(21-25)15-19-29(31)30(28)32/h2-7,12-19,21H,20H2,1H3/b3-2+. The molecule has 0 saturated heterocycles. The fourth-order valence-electron chi connectivity index (χ4n) is 3.14. The Labute approximate surface area is 192 Å². The van der Waals surface area contributed by atoms with Crippen molar-refractivity contribution in [2.75, 3.05) is 6.61 Å². The van der Waals surface area contributed by atoms with Crippen LogP contribution in [-0.4, -0.2) is 6.61 Å². The molecule has 0 aliphatic rings. The molecule has 0 heterocycles. The maximum Gasteiger partial charge on any atom is 0.166 e. The molecule has 0 unspecified atom stereocenters. The zero-order valence-corrected chi connectivity index (χ0v) is 18.0. The smallest absolute Gasteiger partial charge is 0.166 e. The van der Waals surface area contributed by atoms with Gasteiger partial charge in [0.15, 0.2) is 11.6 Å². The van der Waals surface area contributed by atoms with E-state index in [1.165, 1.54) is 0 Å². The Balaban J connectivity index is 1.43. The first-order valence-corrected chi connectivity index (χ1v) is 10.5. The fourth-order valence-corrected chi connectivity index (χ4v) is 3.14. The maximum absolute atomic E-state index is 13.8. The Kier molecular flexibility index (Phi) is 6.84. The van der Waals surface area contributed by atoms with Gasteiger partial charge in [-0.25, -0.2) is 8.78 Å². The summed E-state index contributed by atoms with van der Waals surface area (Å²) >= 11 is 0. The number of hydrogen-bond donors (Lipinski definition) is 0.